The normalized spacial score (nSPS) is 15.1. The lowest BCUT2D eigenvalue weighted by Gasteiger charge is -2.19. The molecule has 2 heterocycles. The van der Waals surface area contributed by atoms with Crippen molar-refractivity contribution in [1.82, 2.24) is 9.38 Å². The van der Waals surface area contributed by atoms with E-state index in [0.29, 0.717) is 38.9 Å². The van der Waals surface area contributed by atoms with Crippen LogP contribution in [0.4, 0.5) is 0 Å². The van der Waals surface area contributed by atoms with E-state index in [1.807, 2.05) is 6.08 Å². The SMILES string of the molecule is O=C(O)c1ccc2nc3c(c(=O)n2c1)CCCC3=Cc1c(Cl)cccc1Cl. The molecule has 0 unspecified atom stereocenters. The Morgan fingerprint density at radius 3 is 2.59 bits per heavy atom. The molecule has 136 valence electrons. The summed E-state index contributed by atoms with van der Waals surface area (Å²) in [6.45, 7) is 0. The number of carboxylic acids is 1. The van der Waals surface area contributed by atoms with E-state index in [2.05, 4.69) is 4.98 Å². The quantitative estimate of drug-likeness (QED) is 0.683. The van der Waals surface area contributed by atoms with E-state index in [0.717, 1.165) is 18.4 Å². The third-order valence-corrected chi connectivity index (χ3v) is 5.32. The highest BCUT2D eigenvalue weighted by Crippen LogP contribution is 2.34. The predicted molar refractivity (Wildman–Crippen MR) is 106 cm³/mol. The lowest BCUT2D eigenvalue weighted by atomic mass is 9.90. The largest absolute Gasteiger partial charge is 0.478 e. The fourth-order valence-corrected chi connectivity index (χ4v) is 3.84. The number of aromatic carboxylic acids is 1. The molecule has 1 aromatic carbocycles. The van der Waals surface area contributed by atoms with Gasteiger partial charge >= 0.3 is 5.97 Å². The Bertz CT molecular complexity index is 1160. The summed E-state index contributed by atoms with van der Waals surface area (Å²) in [5, 5.41) is 10.2. The van der Waals surface area contributed by atoms with E-state index >= 15 is 0 Å². The Labute approximate surface area is 164 Å². The Kier molecular flexibility index (Phi) is 4.50. The summed E-state index contributed by atoms with van der Waals surface area (Å²) >= 11 is 12.6. The zero-order valence-corrected chi connectivity index (χ0v) is 15.6. The van der Waals surface area contributed by atoms with E-state index in [4.69, 9.17) is 28.3 Å². The molecule has 0 saturated carbocycles. The number of carboxylic acid groups (broad SMARTS) is 1. The van der Waals surface area contributed by atoms with Gasteiger partial charge in [0.1, 0.15) is 5.65 Å². The second-order valence-corrected chi connectivity index (χ2v) is 7.17. The van der Waals surface area contributed by atoms with Crippen LogP contribution in [0.15, 0.2) is 41.3 Å². The standard InChI is InChI=1S/C20H14Cl2N2O3/c21-15-5-2-6-16(22)14(15)9-11-3-1-4-13-18(11)23-17-8-7-12(20(26)27)10-24(17)19(13)25/h2,5-10H,1,3-4H2,(H,26,27). The van der Waals surface area contributed by atoms with Crippen molar-refractivity contribution in [3.05, 3.63) is 79.3 Å². The number of pyridine rings is 1. The molecule has 4 rings (SSSR count). The minimum Gasteiger partial charge on any atom is -0.478 e. The highest BCUT2D eigenvalue weighted by molar-refractivity contribution is 6.37. The van der Waals surface area contributed by atoms with Gasteiger partial charge in [0.15, 0.2) is 0 Å². The van der Waals surface area contributed by atoms with Gasteiger partial charge in [-0.2, -0.15) is 0 Å². The molecule has 1 aliphatic carbocycles. The zero-order valence-electron chi connectivity index (χ0n) is 14.1. The summed E-state index contributed by atoms with van der Waals surface area (Å²) in [7, 11) is 0. The molecule has 0 aliphatic heterocycles. The molecule has 0 spiro atoms. The fourth-order valence-electron chi connectivity index (χ4n) is 3.33. The van der Waals surface area contributed by atoms with Crippen LogP contribution in [0.1, 0.15) is 40.0 Å². The number of fused-ring (bicyclic) bond motifs is 2. The van der Waals surface area contributed by atoms with Gasteiger partial charge in [0, 0.05) is 27.4 Å². The molecule has 27 heavy (non-hydrogen) atoms. The van der Waals surface area contributed by atoms with Crippen LogP contribution in [0.2, 0.25) is 10.0 Å². The van der Waals surface area contributed by atoms with Gasteiger partial charge in [0.05, 0.1) is 11.3 Å². The van der Waals surface area contributed by atoms with Gasteiger partial charge < -0.3 is 5.11 Å². The second-order valence-electron chi connectivity index (χ2n) is 6.35. The molecular weight excluding hydrogens is 387 g/mol. The molecule has 1 aliphatic rings. The molecule has 0 amide bonds. The first-order valence-electron chi connectivity index (χ1n) is 8.39. The lowest BCUT2D eigenvalue weighted by molar-refractivity contribution is 0.0696. The summed E-state index contributed by atoms with van der Waals surface area (Å²) in [5.74, 6) is -1.09. The maximum atomic E-state index is 12.9. The number of hydrogen-bond acceptors (Lipinski definition) is 3. The number of benzene rings is 1. The van der Waals surface area contributed by atoms with Crippen molar-refractivity contribution in [2.45, 2.75) is 19.3 Å². The van der Waals surface area contributed by atoms with Crippen LogP contribution in [0.25, 0.3) is 17.3 Å². The Morgan fingerprint density at radius 1 is 1.15 bits per heavy atom. The first kappa shape index (κ1) is 17.8. The van der Waals surface area contributed by atoms with Crippen LogP contribution < -0.4 is 5.56 Å². The Hall–Kier alpha value is -2.63. The van der Waals surface area contributed by atoms with E-state index in [-0.39, 0.29) is 11.1 Å². The number of aromatic nitrogens is 2. The van der Waals surface area contributed by atoms with Crippen molar-refractivity contribution in [3.8, 4) is 0 Å². The number of nitrogens with zero attached hydrogens (tertiary/aromatic N) is 2. The molecule has 0 bridgehead atoms. The first-order chi connectivity index (χ1) is 13.0. The molecule has 0 atom stereocenters. The van der Waals surface area contributed by atoms with E-state index in [1.165, 1.54) is 16.7 Å². The van der Waals surface area contributed by atoms with Crippen molar-refractivity contribution in [2.75, 3.05) is 0 Å². The zero-order chi connectivity index (χ0) is 19.1. The van der Waals surface area contributed by atoms with E-state index in [9.17, 15) is 9.59 Å². The summed E-state index contributed by atoms with van der Waals surface area (Å²) < 4.78 is 1.30. The van der Waals surface area contributed by atoms with E-state index < -0.39 is 5.97 Å². The average molecular weight is 401 g/mol. The second kappa shape index (κ2) is 6.83. The number of allylic oxidation sites excluding steroid dienone is 1. The van der Waals surface area contributed by atoms with Gasteiger partial charge in [-0.05, 0) is 55.2 Å². The topological polar surface area (TPSA) is 71.7 Å². The van der Waals surface area contributed by atoms with Crippen LogP contribution in [0, 0.1) is 0 Å². The summed E-state index contributed by atoms with van der Waals surface area (Å²) in [6, 6.07) is 8.28. The van der Waals surface area contributed by atoms with E-state index in [1.54, 1.807) is 24.3 Å². The Morgan fingerprint density at radius 2 is 1.89 bits per heavy atom. The maximum absolute atomic E-state index is 12.9. The smallest absolute Gasteiger partial charge is 0.337 e. The highest BCUT2D eigenvalue weighted by Gasteiger charge is 2.21. The van der Waals surface area contributed by atoms with Gasteiger partial charge in [-0.3, -0.25) is 9.20 Å². The van der Waals surface area contributed by atoms with Crippen molar-refractivity contribution >= 4 is 46.5 Å². The Balaban J connectivity index is 1.94. The lowest BCUT2D eigenvalue weighted by Crippen LogP contribution is -2.25. The third kappa shape index (κ3) is 3.13. The van der Waals surface area contributed by atoms with Gasteiger partial charge in [-0.1, -0.05) is 29.3 Å². The molecule has 0 saturated heterocycles. The number of rotatable bonds is 2. The molecule has 0 radical (unpaired) electrons. The molecule has 3 aromatic rings. The van der Waals surface area contributed by atoms with Gasteiger partial charge in [0.25, 0.3) is 5.56 Å². The number of hydrogen-bond donors (Lipinski definition) is 1. The molecule has 1 N–H and O–H groups in total. The number of carbonyl (C=O) groups is 1. The molecule has 7 heteroatoms. The highest BCUT2D eigenvalue weighted by atomic mass is 35.5. The predicted octanol–water partition coefficient (Wildman–Crippen LogP) is 4.58. The minimum absolute atomic E-state index is 0.0424. The molecule has 2 aromatic heterocycles. The van der Waals surface area contributed by atoms with Crippen LogP contribution in [-0.2, 0) is 6.42 Å². The average Bonchev–Trinajstić information content (AvgIpc) is 2.65. The fraction of sp³-hybridized carbons (Fsp3) is 0.150. The van der Waals surface area contributed by atoms with Crippen molar-refractivity contribution < 1.29 is 9.90 Å². The monoisotopic (exact) mass is 400 g/mol. The number of halogens is 2. The van der Waals surface area contributed by atoms with Crippen molar-refractivity contribution in [2.24, 2.45) is 0 Å². The summed E-state index contributed by atoms with van der Waals surface area (Å²) in [6.07, 6.45) is 5.34. The third-order valence-electron chi connectivity index (χ3n) is 4.66. The van der Waals surface area contributed by atoms with Crippen LogP contribution in [0.3, 0.4) is 0 Å². The molecule has 5 nitrogen and oxygen atoms in total. The van der Waals surface area contributed by atoms with Gasteiger partial charge in [-0.25, -0.2) is 9.78 Å². The van der Waals surface area contributed by atoms with Crippen LogP contribution in [0.5, 0.6) is 0 Å². The first-order valence-corrected chi connectivity index (χ1v) is 9.15. The molecular formula is C20H14Cl2N2O3. The molecule has 0 fully saturated rings. The van der Waals surface area contributed by atoms with Crippen molar-refractivity contribution in [3.63, 3.8) is 0 Å². The van der Waals surface area contributed by atoms with Crippen LogP contribution >= 0.6 is 23.2 Å². The van der Waals surface area contributed by atoms with Gasteiger partial charge in [-0.15, -0.1) is 0 Å². The van der Waals surface area contributed by atoms with Crippen LogP contribution in [-0.4, -0.2) is 20.5 Å². The summed E-state index contributed by atoms with van der Waals surface area (Å²) in [4.78, 5) is 28.8. The minimum atomic E-state index is -1.09. The summed E-state index contributed by atoms with van der Waals surface area (Å²) in [5.41, 5.74) is 3.01. The van der Waals surface area contributed by atoms with Crippen molar-refractivity contribution in [1.29, 1.82) is 0 Å². The van der Waals surface area contributed by atoms with Gasteiger partial charge in [0.2, 0.25) is 0 Å². The maximum Gasteiger partial charge on any atom is 0.337 e.